The van der Waals surface area contributed by atoms with E-state index in [4.69, 9.17) is 4.99 Å². The molecule has 1 aliphatic rings. The monoisotopic (exact) mass is 434 g/mol. The molecule has 166 valence electrons. The quantitative estimate of drug-likeness (QED) is 0.394. The van der Waals surface area contributed by atoms with E-state index in [0.717, 1.165) is 29.2 Å². The molecular formula is C24H27FN6O. The fourth-order valence-corrected chi connectivity index (χ4v) is 3.75. The number of carbonyl (C=O) groups excluding carboxylic acids is 1. The Kier molecular flexibility index (Phi) is 6.79. The molecule has 0 saturated carbocycles. The minimum Gasteiger partial charge on any atom is -0.357 e. The van der Waals surface area contributed by atoms with Gasteiger partial charge in [-0.1, -0.05) is 18.2 Å². The fraction of sp³-hybridized carbons (Fsp3) is 0.292. The lowest BCUT2D eigenvalue weighted by molar-refractivity contribution is -0.116. The Morgan fingerprint density at radius 1 is 1.19 bits per heavy atom. The van der Waals surface area contributed by atoms with E-state index in [-0.39, 0.29) is 17.6 Å². The molecule has 0 aliphatic carbocycles. The van der Waals surface area contributed by atoms with Crippen LogP contribution in [0.2, 0.25) is 0 Å². The maximum atomic E-state index is 13.1. The van der Waals surface area contributed by atoms with Crippen molar-refractivity contribution >= 4 is 17.6 Å². The highest BCUT2D eigenvalue weighted by atomic mass is 19.1. The zero-order chi connectivity index (χ0) is 22.3. The highest BCUT2D eigenvalue weighted by molar-refractivity contribution is 5.94. The molecule has 3 aromatic rings. The van der Waals surface area contributed by atoms with Crippen LogP contribution in [0.4, 0.5) is 10.1 Å². The number of aliphatic imine (C=N–C) groups is 1. The normalized spacial score (nSPS) is 15.8. The van der Waals surface area contributed by atoms with Crippen LogP contribution in [0.5, 0.6) is 0 Å². The van der Waals surface area contributed by atoms with Gasteiger partial charge in [-0.25, -0.2) is 9.07 Å². The van der Waals surface area contributed by atoms with Crippen molar-refractivity contribution in [1.29, 1.82) is 0 Å². The smallest absolute Gasteiger partial charge is 0.225 e. The number of nitrogens with one attached hydrogen (secondary N) is 3. The summed E-state index contributed by atoms with van der Waals surface area (Å²) in [5, 5.41) is 14.1. The second kappa shape index (κ2) is 10.1. The van der Waals surface area contributed by atoms with Gasteiger partial charge < -0.3 is 16.0 Å². The molecule has 2 aromatic carbocycles. The third kappa shape index (κ3) is 5.32. The highest BCUT2D eigenvalue weighted by Gasteiger charge is 2.24. The lowest BCUT2D eigenvalue weighted by atomic mass is 9.91. The summed E-state index contributed by atoms with van der Waals surface area (Å²) >= 11 is 0. The van der Waals surface area contributed by atoms with Gasteiger partial charge in [-0.3, -0.25) is 9.79 Å². The SMILES string of the molecule is CCNC(=NCC1CC(=O)Nc2ccccc21)NCCc1ccn(-c2ccc(F)cc2)n1. The van der Waals surface area contributed by atoms with Crippen molar-refractivity contribution in [3.8, 4) is 5.69 Å². The van der Waals surface area contributed by atoms with Crippen molar-refractivity contribution < 1.29 is 9.18 Å². The Labute approximate surface area is 186 Å². The van der Waals surface area contributed by atoms with Crippen LogP contribution >= 0.6 is 0 Å². The number of hydrogen-bond acceptors (Lipinski definition) is 3. The maximum Gasteiger partial charge on any atom is 0.225 e. The van der Waals surface area contributed by atoms with Crippen molar-refractivity contribution in [2.45, 2.75) is 25.7 Å². The maximum absolute atomic E-state index is 13.1. The van der Waals surface area contributed by atoms with Gasteiger partial charge in [0.2, 0.25) is 5.91 Å². The second-order valence-corrected chi connectivity index (χ2v) is 7.66. The van der Waals surface area contributed by atoms with E-state index in [1.165, 1.54) is 12.1 Å². The molecule has 0 radical (unpaired) electrons. The van der Waals surface area contributed by atoms with E-state index in [2.05, 4.69) is 21.0 Å². The molecule has 1 aliphatic heterocycles. The van der Waals surface area contributed by atoms with E-state index < -0.39 is 0 Å². The molecular weight excluding hydrogens is 407 g/mol. The summed E-state index contributed by atoms with van der Waals surface area (Å²) in [7, 11) is 0. The predicted octanol–water partition coefficient (Wildman–Crippen LogP) is 3.24. The molecule has 1 aromatic heterocycles. The molecule has 0 fully saturated rings. The van der Waals surface area contributed by atoms with Gasteiger partial charge in [0.25, 0.3) is 0 Å². The zero-order valence-corrected chi connectivity index (χ0v) is 18.0. The molecule has 0 bridgehead atoms. The number of para-hydroxylation sites is 1. The number of benzene rings is 2. The van der Waals surface area contributed by atoms with Crippen LogP contribution in [0.25, 0.3) is 5.69 Å². The van der Waals surface area contributed by atoms with Crippen LogP contribution < -0.4 is 16.0 Å². The first-order chi connectivity index (χ1) is 15.6. The van der Waals surface area contributed by atoms with Crippen LogP contribution in [-0.2, 0) is 11.2 Å². The molecule has 2 heterocycles. The van der Waals surface area contributed by atoms with E-state index in [1.54, 1.807) is 16.8 Å². The topological polar surface area (TPSA) is 83.3 Å². The number of hydrogen-bond donors (Lipinski definition) is 3. The number of halogens is 1. The largest absolute Gasteiger partial charge is 0.357 e. The molecule has 1 unspecified atom stereocenters. The molecule has 3 N–H and O–H groups in total. The lowest BCUT2D eigenvalue weighted by Crippen LogP contribution is -2.39. The first-order valence-electron chi connectivity index (χ1n) is 10.8. The van der Waals surface area contributed by atoms with Crippen LogP contribution in [0.15, 0.2) is 65.8 Å². The Bertz CT molecular complexity index is 1090. The lowest BCUT2D eigenvalue weighted by Gasteiger charge is -2.24. The predicted molar refractivity (Wildman–Crippen MR) is 124 cm³/mol. The van der Waals surface area contributed by atoms with E-state index in [0.29, 0.717) is 31.9 Å². The fourth-order valence-electron chi connectivity index (χ4n) is 3.75. The average molecular weight is 435 g/mol. The second-order valence-electron chi connectivity index (χ2n) is 7.66. The van der Waals surface area contributed by atoms with Gasteiger partial charge in [0.05, 0.1) is 17.9 Å². The Balaban J connectivity index is 1.35. The Hall–Kier alpha value is -3.68. The van der Waals surface area contributed by atoms with E-state index >= 15 is 0 Å². The van der Waals surface area contributed by atoms with Gasteiger partial charge in [-0.15, -0.1) is 0 Å². The van der Waals surface area contributed by atoms with Gasteiger partial charge in [0.1, 0.15) is 5.82 Å². The molecule has 7 nitrogen and oxygen atoms in total. The van der Waals surface area contributed by atoms with E-state index in [1.807, 2.05) is 43.5 Å². The molecule has 0 saturated heterocycles. The number of amides is 1. The zero-order valence-electron chi connectivity index (χ0n) is 18.0. The number of carbonyl (C=O) groups is 1. The minimum absolute atomic E-state index is 0.0265. The third-order valence-corrected chi connectivity index (χ3v) is 5.33. The van der Waals surface area contributed by atoms with E-state index in [9.17, 15) is 9.18 Å². The summed E-state index contributed by atoms with van der Waals surface area (Å²) in [6.07, 6.45) is 3.02. The average Bonchev–Trinajstić information content (AvgIpc) is 3.26. The molecule has 4 rings (SSSR count). The molecule has 0 spiro atoms. The third-order valence-electron chi connectivity index (χ3n) is 5.33. The first kappa shape index (κ1) is 21.5. The number of anilines is 1. The number of nitrogens with zero attached hydrogens (tertiary/aromatic N) is 3. The number of guanidine groups is 1. The van der Waals surface area contributed by atoms with Crippen molar-refractivity contribution in [2.75, 3.05) is 25.0 Å². The first-order valence-corrected chi connectivity index (χ1v) is 10.8. The van der Waals surface area contributed by atoms with Crippen molar-refractivity contribution in [2.24, 2.45) is 4.99 Å². The van der Waals surface area contributed by atoms with Gasteiger partial charge >= 0.3 is 0 Å². The van der Waals surface area contributed by atoms with Gasteiger partial charge in [0.15, 0.2) is 5.96 Å². The summed E-state index contributed by atoms with van der Waals surface area (Å²) in [4.78, 5) is 16.8. The number of fused-ring (bicyclic) bond motifs is 1. The summed E-state index contributed by atoms with van der Waals surface area (Å²) in [5.74, 6) is 0.534. The van der Waals surface area contributed by atoms with Crippen LogP contribution in [0, 0.1) is 5.82 Å². The van der Waals surface area contributed by atoms with Crippen molar-refractivity contribution in [3.05, 3.63) is 77.9 Å². The summed E-state index contributed by atoms with van der Waals surface area (Å²) in [6.45, 7) is 3.95. The summed E-state index contributed by atoms with van der Waals surface area (Å²) < 4.78 is 14.8. The van der Waals surface area contributed by atoms with Gasteiger partial charge in [-0.05, 0) is 48.9 Å². The molecule has 32 heavy (non-hydrogen) atoms. The van der Waals surface area contributed by atoms with Crippen LogP contribution in [0.3, 0.4) is 0 Å². The van der Waals surface area contributed by atoms with Gasteiger partial charge in [-0.2, -0.15) is 5.10 Å². The standard InChI is InChI=1S/C24H27FN6O/c1-2-26-24(28-16-17-15-23(32)29-22-6-4-3-5-21(17)22)27-13-11-19-12-14-31(30-19)20-9-7-18(25)8-10-20/h3-10,12,14,17H,2,11,13,15-16H2,1H3,(H,29,32)(H2,26,27,28). The Morgan fingerprint density at radius 2 is 2.00 bits per heavy atom. The number of aromatic nitrogens is 2. The Morgan fingerprint density at radius 3 is 2.81 bits per heavy atom. The van der Waals surface area contributed by atoms with Crippen molar-refractivity contribution in [1.82, 2.24) is 20.4 Å². The summed E-state index contributed by atoms with van der Waals surface area (Å²) in [5.41, 5.74) is 3.74. The van der Waals surface area contributed by atoms with Crippen molar-refractivity contribution in [3.63, 3.8) is 0 Å². The number of rotatable bonds is 7. The van der Waals surface area contributed by atoms with Crippen LogP contribution in [-0.4, -0.2) is 41.3 Å². The van der Waals surface area contributed by atoms with Gasteiger partial charge in [0, 0.05) is 43.7 Å². The molecule has 1 atom stereocenters. The summed E-state index contributed by atoms with van der Waals surface area (Å²) in [6, 6.07) is 16.1. The minimum atomic E-state index is -0.266. The highest BCUT2D eigenvalue weighted by Crippen LogP contribution is 2.31. The van der Waals surface area contributed by atoms with Crippen LogP contribution in [0.1, 0.15) is 30.5 Å². The molecule has 1 amide bonds. The molecule has 8 heteroatoms.